The zero-order valence-corrected chi connectivity index (χ0v) is 14.8. The normalized spacial score (nSPS) is 12.8. The maximum atomic E-state index is 12.4. The number of benzene rings is 2. The second-order valence-electron chi connectivity index (χ2n) is 5.92. The Labute approximate surface area is 153 Å². The van der Waals surface area contributed by atoms with Crippen molar-refractivity contribution < 1.29 is 24.2 Å². The van der Waals surface area contributed by atoms with Crippen molar-refractivity contribution >= 4 is 11.9 Å². The Morgan fingerprint density at radius 2 is 1.23 bits per heavy atom. The number of esters is 2. The number of hydrogen-bond donors (Lipinski definition) is 1. The molecule has 5 heteroatoms. The molecule has 2 unspecified atom stereocenters. The molecule has 138 valence electrons. The van der Waals surface area contributed by atoms with E-state index in [0.717, 1.165) is 6.42 Å². The summed E-state index contributed by atoms with van der Waals surface area (Å²) in [4.78, 5) is 24.7. The van der Waals surface area contributed by atoms with E-state index in [1.165, 1.54) is 0 Å². The molecule has 26 heavy (non-hydrogen) atoms. The fourth-order valence-electron chi connectivity index (χ4n) is 2.61. The molecule has 2 aromatic carbocycles. The van der Waals surface area contributed by atoms with E-state index in [-0.39, 0.29) is 13.0 Å². The second kappa shape index (κ2) is 10.4. The lowest BCUT2D eigenvalue weighted by Crippen LogP contribution is -2.36. The monoisotopic (exact) mass is 356 g/mol. The molecule has 2 aromatic rings. The molecule has 0 aromatic heterocycles. The van der Waals surface area contributed by atoms with E-state index < -0.39 is 24.1 Å². The predicted molar refractivity (Wildman–Crippen MR) is 97.9 cm³/mol. The first-order valence-electron chi connectivity index (χ1n) is 8.78. The van der Waals surface area contributed by atoms with E-state index in [2.05, 4.69) is 0 Å². The third-order valence-corrected chi connectivity index (χ3v) is 3.94. The average molecular weight is 356 g/mol. The molecular formula is C21H24O5. The van der Waals surface area contributed by atoms with Gasteiger partial charge >= 0.3 is 11.9 Å². The number of aliphatic hydroxyl groups is 1. The Balaban J connectivity index is 2.11. The van der Waals surface area contributed by atoms with Crippen LogP contribution in [0, 0.1) is 0 Å². The third-order valence-electron chi connectivity index (χ3n) is 3.94. The van der Waals surface area contributed by atoms with Gasteiger partial charge in [-0.2, -0.15) is 0 Å². The molecular weight excluding hydrogens is 332 g/mol. The highest BCUT2D eigenvalue weighted by Gasteiger charge is 2.28. The molecule has 0 radical (unpaired) electrons. The summed E-state index contributed by atoms with van der Waals surface area (Å²) in [7, 11) is 0. The smallest absolute Gasteiger partial charge is 0.338 e. The van der Waals surface area contributed by atoms with Gasteiger partial charge in [-0.25, -0.2) is 9.59 Å². The van der Waals surface area contributed by atoms with Crippen LogP contribution in [0.15, 0.2) is 60.7 Å². The average Bonchev–Trinajstić information content (AvgIpc) is 2.68. The first-order valence-corrected chi connectivity index (χ1v) is 8.78. The number of aliphatic hydroxyl groups excluding tert-OH is 1. The summed E-state index contributed by atoms with van der Waals surface area (Å²) in [6.45, 7) is 1.79. The molecule has 0 amide bonds. The van der Waals surface area contributed by atoms with Crippen molar-refractivity contribution in [2.24, 2.45) is 0 Å². The van der Waals surface area contributed by atoms with Gasteiger partial charge in [0.2, 0.25) is 0 Å². The van der Waals surface area contributed by atoms with Crippen molar-refractivity contribution in [2.75, 3.05) is 6.61 Å². The summed E-state index contributed by atoms with van der Waals surface area (Å²) in [5.74, 6) is -0.969. The fraction of sp³-hybridized carbons (Fsp3) is 0.333. The zero-order valence-electron chi connectivity index (χ0n) is 14.8. The quantitative estimate of drug-likeness (QED) is 0.695. The molecule has 5 nitrogen and oxygen atoms in total. The van der Waals surface area contributed by atoms with Crippen molar-refractivity contribution in [2.45, 2.75) is 38.4 Å². The molecule has 0 aliphatic carbocycles. The molecule has 0 saturated heterocycles. The van der Waals surface area contributed by atoms with E-state index in [0.29, 0.717) is 17.5 Å². The second-order valence-corrected chi connectivity index (χ2v) is 5.92. The number of ether oxygens (including phenoxy) is 2. The van der Waals surface area contributed by atoms with Crippen LogP contribution in [0.5, 0.6) is 0 Å². The van der Waals surface area contributed by atoms with Crippen LogP contribution in [0.25, 0.3) is 0 Å². The van der Waals surface area contributed by atoms with Gasteiger partial charge in [0, 0.05) is 13.0 Å². The van der Waals surface area contributed by atoms with E-state index >= 15 is 0 Å². The molecule has 0 bridgehead atoms. The van der Waals surface area contributed by atoms with Gasteiger partial charge in [-0.15, -0.1) is 0 Å². The van der Waals surface area contributed by atoms with Gasteiger partial charge in [-0.3, -0.25) is 0 Å². The van der Waals surface area contributed by atoms with Gasteiger partial charge < -0.3 is 14.6 Å². The summed E-state index contributed by atoms with van der Waals surface area (Å²) >= 11 is 0. The third kappa shape index (κ3) is 5.70. The fourth-order valence-corrected chi connectivity index (χ4v) is 2.61. The largest absolute Gasteiger partial charge is 0.455 e. The highest BCUT2D eigenvalue weighted by atomic mass is 16.6. The van der Waals surface area contributed by atoms with Crippen LogP contribution in [-0.4, -0.2) is 35.9 Å². The highest BCUT2D eigenvalue weighted by Crippen LogP contribution is 2.18. The van der Waals surface area contributed by atoms with Gasteiger partial charge in [0.05, 0.1) is 11.1 Å². The Hall–Kier alpha value is -2.66. The van der Waals surface area contributed by atoms with Crippen molar-refractivity contribution in [3.63, 3.8) is 0 Å². The lowest BCUT2D eigenvalue weighted by atomic mass is 10.1. The zero-order chi connectivity index (χ0) is 18.8. The van der Waals surface area contributed by atoms with Crippen LogP contribution in [0.1, 0.15) is 46.9 Å². The van der Waals surface area contributed by atoms with Crippen molar-refractivity contribution in [3.05, 3.63) is 71.8 Å². The van der Waals surface area contributed by atoms with E-state index in [9.17, 15) is 14.7 Å². The van der Waals surface area contributed by atoms with Crippen LogP contribution in [-0.2, 0) is 9.47 Å². The minimum absolute atomic E-state index is 0.171. The van der Waals surface area contributed by atoms with Gasteiger partial charge in [0.25, 0.3) is 0 Å². The van der Waals surface area contributed by atoms with Crippen LogP contribution in [0.4, 0.5) is 0 Å². The lowest BCUT2D eigenvalue weighted by Gasteiger charge is -2.26. The molecule has 0 heterocycles. The minimum atomic E-state index is -0.708. The summed E-state index contributed by atoms with van der Waals surface area (Å²) in [6, 6.07) is 17.3. The van der Waals surface area contributed by atoms with Crippen LogP contribution in [0.2, 0.25) is 0 Å². The maximum Gasteiger partial charge on any atom is 0.338 e. The molecule has 2 atom stereocenters. The number of hydrogen-bond acceptors (Lipinski definition) is 5. The van der Waals surface area contributed by atoms with E-state index in [4.69, 9.17) is 9.47 Å². The molecule has 1 N–H and O–H groups in total. The predicted octanol–water partition coefficient (Wildman–Crippen LogP) is 3.62. The number of carbonyl (C=O) groups is 2. The summed E-state index contributed by atoms with van der Waals surface area (Å²) in [6.07, 6.45) is 0.154. The molecule has 0 aliphatic rings. The molecule has 0 fully saturated rings. The molecule has 2 rings (SSSR count). The van der Waals surface area contributed by atoms with Crippen LogP contribution >= 0.6 is 0 Å². The summed E-state index contributed by atoms with van der Waals surface area (Å²) in [5, 5.41) is 9.36. The van der Waals surface area contributed by atoms with Crippen molar-refractivity contribution in [1.29, 1.82) is 0 Å². The van der Waals surface area contributed by atoms with Crippen LogP contribution in [0.3, 0.4) is 0 Å². The first-order chi connectivity index (χ1) is 12.7. The van der Waals surface area contributed by atoms with Crippen molar-refractivity contribution in [1.82, 2.24) is 0 Å². The summed E-state index contributed by atoms with van der Waals surface area (Å²) in [5.41, 5.74) is 0.853. The lowest BCUT2D eigenvalue weighted by molar-refractivity contribution is -0.0452. The summed E-state index contributed by atoms with van der Waals surface area (Å²) < 4.78 is 11.2. The minimum Gasteiger partial charge on any atom is -0.455 e. The Bertz CT molecular complexity index is 623. The highest BCUT2D eigenvalue weighted by molar-refractivity contribution is 5.90. The van der Waals surface area contributed by atoms with Gasteiger partial charge in [-0.05, 0) is 30.7 Å². The number of rotatable bonds is 9. The Morgan fingerprint density at radius 1 is 0.808 bits per heavy atom. The standard InChI is InChI=1S/C21H24O5/c1-2-9-18(25-20(23)16-10-5-3-6-11-16)19(14-15-22)26-21(24)17-12-7-4-8-13-17/h3-8,10-13,18-19,22H,2,9,14-15H2,1H3. The molecule has 0 aliphatic heterocycles. The maximum absolute atomic E-state index is 12.4. The Morgan fingerprint density at radius 3 is 1.62 bits per heavy atom. The SMILES string of the molecule is CCCC(OC(=O)c1ccccc1)C(CCO)OC(=O)c1ccccc1. The van der Waals surface area contributed by atoms with E-state index in [1.807, 2.05) is 19.1 Å². The molecule has 0 spiro atoms. The van der Waals surface area contributed by atoms with Gasteiger partial charge in [0.15, 0.2) is 0 Å². The first kappa shape index (κ1) is 19.7. The van der Waals surface area contributed by atoms with E-state index in [1.54, 1.807) is 48.5 Å². The topological polar surface area (TPSA) is 72.8 Å². The van der Waals surface area contributed by atoms with Crippen molar-refractivity contribution in [3.8, 4) is 0 Å². The van der Waals surface area contributed by atoms with Crippen LogP contribution < -0.4 is 0 Å². The number of carbonyl (C=O) groups excluding carboxylic acids is 2. The van der Waals surface area contributed by atoms with Gasteiger partial charge in [-0.1, -0.05) is 49.7 Å². The molecule has 0 saturated carbocycles. The van der Waals surface area contributed by atoms with Gasteiger partial charge in [0.1, 0.15) is 12.2 Å². The Kier molecular flexibility index (Phi) is 7.83.